The largest absolute Gasteiger partial charge is 0.414 e. The highest BCUT2D eigenvalue weighted by atomic mass is 35.5. The zero-order valence-corrected chi connectivity index (χ0v) is 16.9. The van der Waals surface area contributed by atoms with Crippen molar-refractivity contribution in [2.75, 3.05) is 18.2 Å². The predicted octanol–water partition coefficient (Wildman–Crippen LogP) is 3.13. The van der Waals surface area contributed by atoms with Gasteiger partial charge in [0.1, 0.15) is 17.6 Å². The van der Waals surface area contributed by atoms with E-state index in [-0.39, 0.29) is 17.1 Å². The highest BCUT2D eigenvalue weighted by Gasteiger charge is 2.45. The van der Waals surface area contributed by atoms with Gasteiger partial charge < -0.3 is 14.9 Å². The van der Waals surface area contributed by atoms with E-state index in [1.54, 1.807) is 12.3 Å². The van der Waals surface area contributed by atoms with Gasteiger partial charge in [-0.25, -0.2) is 4.79 Å². The molecular formula is C16H28ClN3O3Si. The van der Waals surface area contributed by atoms with Crippen LogP contribution in [0.15, 0.2) is 17.1 Å². The lowest BCUT2D eigenvalue weighted by atomic mass is 10.0. The van der Waals surface area contributed by atoms with Gasteiger partial charge in [-0.2, -0.15) is 4.98 Å². The summed E-state index contributed by atoms with van der Waals surface area (Å²) in [4.78, 5) is 15.8. The Labute approximate surface area is 149 Å². The van der Waals surface area contributed by atoms with Gasteiger partial charge in [0.15, 0.2) is 8.32 Å². The fourth-order valence-corrected chi connectivity index (χ4v) is 3.74. The van der Waals surface area contributed by atoms with Gasteiger partial charge in [-0.05, 0) is 37.0 Å². The van der Waals surface area contributed by atoms with Crippen molar-refractivity contribution in [3.63, 3.8) is 0 Å². The maximum Gasteiger partial charge on any atom is 0.351 e. The Morgan fingerprint density at radius 1 is 1.54 bits per heavy atom. The standard InChI is InChI=1S/C16H28ClN3O3Si/c1-15(2,3)24(4,5)22-11-16(10-17)8-6-13(23-16)20-9-7-12(18)19-14(20)21/h7,9,13H,6,8,10-11H2,1-5H3,(H2,18,19,21)/t13-,16-/m1/s1. The molecule has 1 aliphatic rings. The lowest BCUT2D eigenvalue weighted by molar-refractivity contribution is -0.0831. The van der Waals surface area contributed by atoms with Gasteiger partial charge >= 0.3 is 5.69 Å². The Hall–Kier alpha value is -0.893. The van der Waals surface area contributed by atoms with Gasteiger partial charge in [-0.1, -0.05) is 20.8 Å². The van der Waals surface area contributed by atoms with Crippen molar-refractivity contribution in [1.29, 1.82) is 0 Å². The summed E-state index contributed by atoms with van der Waals surface area (Å²) in [5, 5.41) is 0.121. The van der Waals surface area contributed by atoms with Gasteiger partial charge in [0.25, 0.3) is 0 Å². The zero-order chi connectivity index (χ0) is 18.2. The molecule has 1 saturated heterocycles. The van der Waals surface area contributed by atoms with Gasteiger partial charge in [-0.3, -0.25) is 4.57 Å². The van der Waals surface area contributed by atoms with Crippen molar-refractivity contribution in [1.82, 2.24) is 9.55 Å². The summed E-state index contributed by atoms with van der Waals surface area (Å²) in [6.07, 6.45) is 2.67. The minimum Gasteiger partial charge on any atom is -0.414 e. The normalized spacial score (nSPS) is 25.2. The van der Waals surface area contributed by atoms with Crippen LogP contribution in [0.1, 0.15) is 39.8 Å². The number of nitrogen functional groups attached to an aromatic ring is 1. The number of hydrogen-bond acceptors (Lipinski definition) is 5. The van der Waals surface area contributed by atoms with Crippen LogP contribution in [0, 0.1) is 0 Å². The van der Waals surface area contributed by atoms with Gasteiger partial charge in [0, 0.05) is 6.20 Å². The highest BCUT2D eigenvalue weighted by molar-refractivity contribution is 6.74. The highest BCUT2D eigenvalue weighted by Crippen LogP contribution is 2.41. The number of hydrogen-bond donors (Lipinski definition) is 1. The zero-order valence-electron chi connectivity index (χ0n) is 15.1. The molecule has 1 fully saturated rings. The second-order valence-corrected chi connectivity index (χ2v) is 13.1. The molecule has 0 saturated carbocycles. The smallest absolute Gasteiger partial charge is 0.351 e. The number of halogens is 1. The molecule has 2 N–H and O–H groups in total. The van der Waals surface area contributed by atoms with Crippen LogP contribution in [0.5, 0.6) is 0 Å². The van der Waals surface area contributed by atoms with Crippen LogP contribution in [0.3, 0.4) is 0 Å². The van der Waals surface area contributed by atoms with Crippen LogP contribution in [0.25, 0.3) is 0 Å². The summed E-state index contributed by atoms with van der Waals surface area (Å²) >= 11 is 6.21. The van der Waals surface area contributed by atoms with E-state index in [9.17, 15) is 4.79 Å². The molecule has 2 rings (SSSR count). The van der Waals surface area contributed by atoms with E-state index in [0.29, 0.717) is 18.9 Å². The van der Waals surface area contributed by atoms with E-state index >= 15 is 0 Å². The van der Waals surface area contributed by atoms with Gasteiger partial charge in [0.2, 0.25) is 0 Å². The molecule has 1 aromatic rings. The molecule has 0 spiro atoms. The summed E-state index contributed by atoms with van der Waals surface area (Å²) in [6.45, 7) is 11.5. The fourth-order valence-electron chi connectivity index (χ4n) is 2.41. The predicted molar refractivity (Wildman–Crippen MR) is 98.9 cm³/mol. The number of nitrogens with zero attached hydrogens (tertiary/aromatic N) is 2. The maximum atomic E-state index is 12.0. The SMILES string of the molecule is CC(C)(C)[Si](C)(C)OC[C@]1(CCl)CC[C@H](n2ccc(N)nc2=O)O1. The lowest BCUT2D eigenvalue weighted by Crippen LogP contribution is -2.47. The van der Waals surface area contributed by atoms with Crippen molar-refractivity contribution in [3.8, 4) is 0 Å². The van der Waals surface area contributed by atoms with E-state index in [2.05, 4.69) is 38.8 Å². The van der Waals surface area contributed by atoms with E-state index in [0.717, 1.165) is 6.42 Å². The maximum absolute atomic E-state index is 12.0. The Morgan fingerprint density at radius 2 is 2.21 bits per heavy atom. The first-order valence-corrected chi connectivity index (χ1v) is 11.7. The molecular weight excluding hydrogens is 346 g/mol. The van der Waals surface area contributed by atoms with Crippen LogP contribution in [0.4, 0.5) is 5.82 Å². The summed E-state index contributed by atoms with van der Waals surface area (Å²) < 4.78 is 13.9. The molecule has 0 unspecified atom stereocenters. The molecule has 2 heterocycles. The van der Waals surface area contributed by atoms with Crippen molar-refractivity contribution in [2.45, 2.75) is 63.6 Å². The van der Waals surface area contributed by atoms with Gasteiger partial charge in [0.05, 0.1) is 12.5 Å². The number of rotatable bonds is 5. The average molecular weight is 374 g/mol. The third kappa shape index (κ3) is 4.01. The van der Waals surface area contributed by atoms with E-state index in [4.69, 9.17) is 26.5 Å². The van der Waals surface area contributed by atoms with Crippen LogP contribution >= 0.6 is 11.6 Å². The minimum atomic E-state index is -1.89. The Kier molecular flexibility index (Phi) is 5.49. The quantitative estimate of drug-likeness (QED) is 0.633. The van der Waals surface area contributed by atoms with Crippen molar-refractivity contribution in [2.24, 2.45) is 0 Å². The second kappa shape index (κ2) is 6.78. The number of anilines is 1. The molecule has 1 aliphatic heterocycles. The molecule has 6 nitrogen and oxygen atoms in total. The summed E-state index contributed by atoms with van der Waals surface area (Å²) in [6, 6.07) is 1.59. The number of ether oxygens (including phenoxy) is 1. The summed E-state index contributed by atoms with van der Waals surface area (Å²) in [7, 11) is -1.89. The third-order valence-electron chi connectivity index (χ3n) is 5.14. The second-order valence-electron chi connectivity index (χ2n) is 8.02. The topological polar surface area (TPSA) is 79.4 Å². The molecule has 24 heavy (non-hydrogen) atoms. The molecule has 2 atom stereocenters. The Morgan fingerprint density at radius 3 is 2.75 bits per heavy atom. The van der Waals surface area contributed by atoms with E-state index in [1.165, 1.54) is 4.57 Å². The fraction of sp³-hybridized carbons (Fsp3) is 0.750. The Bertz CT molecular complexity index is 644. The van der Waals surface area contributed by atoms with E-state index < -0.39 is 19.6 Å². The Balaban J connectivity index is 2.11. The van der Waals surface area contributed by atoms with Crippen LogP contribution in [-0.2, 0) is 9.16 Å². The number of alkyl halides is 1. The number of nitrogens with two attached hydrogens (primary N) is 1. The van der Waals surface area contributed by atoms with Crippen LogP contribution < -0.4 is 11.4 Å². The first-order valence-electron chi connectivity index (χ1n) is 8.22. The van der Waals surface area contributed by atoms with Gasteiger partial charge in [-0.15, -0.1) is 11.6 Å². The molecule has 0 aromatic carbocycles. The lowest BCUT2D eigenvalue weighted by Gasteiger charge is -2.39. The summed E-state index contributed by atoms with van der Waals surface area (Å²) in [5.74, 6) is 0.536. The average Bonchev–Trinajstić information content (AvgIpc) is 2.89. The molecule has 0 bridgehead atoms. The van der Waals surface area contributed by atoms with Crippen molar-refractivity contribution >= 4 is 25.7 Å². The molecule has 0 amide bonds. The van der Waals surface area contributed by atoms with Crippen LogP contribution in [-0.4, -0.2) is 36.0 Å². The van der Waals surface area contributed by atoms with Crippen molar-refractivity contribution < 1.29 is 9.16 Å². The van der Waals surface area contributed by atoms with E-state index in [1.807, 2.05) is 0 Å². The molecule has 1 aromatic heterocycles. The minimum absolute atomic E-state index is 0.121. The molecule has 0 radical (unpaired) electrons. The molecule has 0 aliphatic carbocycles. The van der Waals surface area contributed by atoms with Crippen molar-refractivity contribution in [3.05, 3.63) is 22.7 Å². The monoisotopic (exact) mass is 373 g/mol. The first kappa shape index (κ1) is 19.4. The molecule has 136 valence electrons. The van der Waals surface area contributed by atoms with Crippen LogP contribution in [0.2, 0.25) is 18.1 Å². The molecule has 8 heteroatoms. The first-order chi connectivity index (χ1) is 11.0. The third-order valence-corrected chi connectivity index (χ3v) is 10.1. The summed E-state index contributed by atoms with van der Waals surface area (Å²) in [5.41, 5.74) is 4.57. The number of aromatic nitrogens is 2.